The summed E-state index contributed by atoms with van der Waals surface area (Å²) in [5, 5.41) is 12.5. The zero-order valence-electron chi connectivity index (χ0n) is 19.1. The van der Waals surface area contributed by atoms with Crippen LogP contribution in [0.4, 0.5) is 4.79 Å². The molecule has 1 fully saturated rings. The van der Waals surface area contributed by atoms with Gasteiger partial charge in [0, 0.05) is 18.6 Å². The molecule has 0 radical (unpaired) electrons. The highest BCUT2D eigenvalue weighted by Gasteiger charge is 2.39. The van der Waals surface area contributed by atoms with Crippen molar-refractivity contribution in [1.29, 1.82) is 0 Å². The molecule has 9 nitrogen and oxygen atoms in total. The number of likely N-dealkylation sites (tertiary alicyclic amines) is 1. The maximum Gasteiger partial charge on any atom is 0.318 e. The van der Waals surface area contributed by atoms with Gasteiger partial charge in [0.15, 0.2) is 9.84 Å². The van der Waals surface area contributed by atoms with Crippen molar-refractivity contribution in [3.05, 3.63) is 24.3 Å². The molecule has 32 heavy (non-hydrogen) atoms. The number of primary amides is 1. The number of aliphatic hydroxyl groups is 1. The Morgan fingerprint density at radius 2 is 1.84 bits per heavy atom. The largest absolute Gasteiger partial charge is 0.481 e. The van der Waals surface area contributed by atoms with E-state index in [2.05, 4.69) is 43.2 Å². The van der Waals surface area contributed by atoms with Crippen LogP contribution in [0.25, 0.3) is 0 Å². The van der Waals surface area contributed by atoms with Gasteiger partial charge in [-0.2, -0.15) is 0 Å². The molecule has 2 rings (SSSR count). The van der Waals surface area contributed by atoms with Crippen LogP contribution in [0.2, 0.25) is 0 Å². The number of urea groups is 1. The van der Waals surface area contributed by atoms with E-state index in [9.17, 15) is 23.1 Å². The molecule has 0 unspecified atom stereocenters. The number of sulfone groups is 1. The number of rotatable bonds is 6. The Bertz CT molecular complexity index is 919. The summed E-state index contributed by atoms with van der Waals surface area (Å²) < 4.78 is 30.8. The van der Waals surface area contributed by atoms with Crippen LogP contribution in [-0.4, -0.2) is 67.5 Å². The van der Waals surface area contributed by atoms with Crippen LogP contribution in [-0.2, 0) is 14.6 Å². The van der Waals surface area contributed by atoms with Gasteiger partial charge in [0.1, 0.15) is 12.4 Å². The van der Waals surface area contributed by atoms with E-state index >= 15 is 0 Å². The molecule has 1 heterocycles. The fourth-order valence-corrected chi connectivity index (χ4v) is 4.88. The molecule has 3 amide bonds. The summed E-state index contributed by atoms with van der Waals surface area (Å²) in [7, 11) is -3.57. The van der Waals surface area contributed by atoms with Gasteiger partial charge in [-0.25, -0.2) is 13.2 Å². The second kappa shape index (κ2) is 11.9. The van der Waals surface area contributed by atoms with Gasteiger partial charge in [-0.3, -0.25) is 15.0 Å². The summed E-state index contributed by atoms with van der Waals surface area (Å²) in [5.74, 6) is 5.84. The molecule has 1 aromatic carbocycles. The van der Waals surface area contributed by atoms with Crippen LogP contribution in [0.15, 0.2) is 29.2 Å². The number of carbonyl (C=O) groups is 2. The molecule has 0 saturated carbocycles. The Kier molecular flexibility index (Phi) is 10.2. The molecule has 4 N–H and O–H groups in total. The lowest BCUT2D eigenvalue weighted by Gasteiger charge is -2.44. The number of ether oxygens (including phenoxy) is 1. The van der Waals surface area contributed by atoms with E-state index in [4.69, 9.17) is 4.74 Å². The van der Waals surface area contributed by atoms with E-state index in [1.165, 1.54) is 12.1 Å². The topological polar surface area (TPSA) is 139 Å². The van der Waals surface area contributed by atoms with Gasteiger partial charge in [0.05, 0.1) is 16.2 Å². The standard InChI is InChI=1S/C20H29NO4S.C2H4N2O2/c1-5-6-15-25-17-7-9-18(10-8-17)26(23,24)16-20(22)11-13-21(14-12-20)19(2,3)4;3-2(6)4-1-5/h7-10,22H,11-16H2,1-4H3;1H,(H3,3,4,5,6). The molecule has 0 aliphatic carbocycles. The predicted octanol–water partition coefficient (Wildman–Crippen LogP) is 1.30. The van der Waals surface area contributed by atoms with E-state index in [0.29, 0.717) is 31.7 Å². The Morgan fingerprint density at radius 1 is 1.28 bits per heavy atom. The Balaban J connectivity index is 0.000000751. The van der Waals surface area contributed by atoms with Crippen LogP contribution in [0, 0.1) is 11.8 Å². The van der Waals surface area contributed by atoms with E-state index in [1.54, 1.807) is 24.4 Å². The number of nitrogens with zero attached hydrogens (tertiary/aromatic N) is 1. The Morgan fingerprint density at radius 3 is 2.25 bits per heavy atom. The third-order valence-corrected chi connectivity index (χ3v) is 6.88. The zero-order chi connectivity index (χ0) is 24.4. The summed E-state index contributed by atoms with van der Waals surface area (Å²) >= 11 is 0. The van der Waals surface area contributed by atoms with E-state index in [1.807, 2.05) is 0 Å². The van der Waals surface area contributed by atoms with Gasteiger partial charge in [-0.05, 0) is 64.8 Å². The lowest BCUT2D eigenvalue weighted by molar-refractivity contribution is -0.108. The molecule has 178 valence electrons. The number of imide groups is 1. The van der Waals surface area contributed by atoms with Crippen molar-refractivity contribution < 1.29 is 27.9 Å². The van der Waals surface area contributed by atoms with Crippen LogP contribution in [0.5, 0.6) is 5.75 Å². The first-order valence-corrected chi connectivity index (χ1v) is 11.8. The molecule has 10 heteroatoms. The second-order valence-electron chi connectivity index (χ2n) is 8.45. The third-order valence-electron chi connectivity index (χ3n) is 4.97. The molecule has 1 aliphatic rings. The van der Waals surface area contributed by atoms with Crippen LogP contribution < -0.4 is 15.8 Å². The number of amides is 3. The highest BCUT2D eigenvalue weighted by molar-refractivity contribution is 7.91. The quantitative estimate of drug-likeness (QED) is 0.423. The van der Waals surface area contributed by atoms with Crippen molar-refractivity contribution >= 4 is 22.3 Å². The second-order valence-corrected chi connectivity index (χ2v) is 10.4. The minimum Gasteiger partial charge on any atom is -0.481 e. The number of carbonyl (C=O) groups excluding carboxylic acids is 2. The summed E-state index contributed by atoms with van der Waals surface area (Å²) in [6.45, 7) is 9.78. The molecular weight excluding hydrogens is 434 g/mol. The molecular formula is C22H33N3O6S. The first kappa shape index (κ1) is 27.4. The fraction of sp³-hybridized carbons (Fsp3) is 0.545. The molecule has 1 aromatic rings. The summed E-state index contributed by atoms with van der Waals surface area (Å²) in [6.07, 6.45) is 1.14. The van der Waals surface area contributed by atoms with Gasteiger partial charge in [-0.1, -0.05) is 5.92 Å². The van der Waals surface area contributed by atoms with Crippen molar-refractivity contribution in [3.8, 4) is 17.6 Å². The molecule has 0 bridgehead atoms. The zero-order valence-corrected chi connectivity index (χ0v) is 19.9. The summed E-state index contributed by atoms with van der Waals surface area (Å²) in [6, 6.07) is 5.47. The fourth-order valence-electron chi connectivity index (χ4n) is 3.17. The number of hydrogen-bond donors (Lipinski definition) is 3. The lowest BCUT2D eigenvalue weighted by Crippen LogP contribution is -2.53. The van der Waals surface area contributed by atoms with Crippen LogP contribution in [0.3, 0.4) is 0 Å². The van der Waals surface area contributed by atoms with E-state index < -0.39 is 21.5 Å². The summed E-state index contributed by atoms with van der Waals surface area (Å²) in [4.78, 5) is 21.2. The monoisotopic (exact) mass is 467 g/mol. The number of piperidine rings is 1. The van der Waals surface area contributed by atoms with Crippen LogP contribution in [0.1, 0.15) is 40.5 Å². The van der Waals surface area contributed by atoms with E-state index in [-0.39, 0.29) is 29.2 Å². The van der Waals surface area contributed by atoms with Crippen molar-refractivity contribution in [2.45, 2.75) is 56.6 Å². The highest BCUT2D eigenvalue weighted by Crippen LogP contribution is 2.30. The maximum atomic E-state index is 12.7. The highest BCUT2D eigenvalue weighted by atomic mass is 32.2. The molecule has 0 spiro atoms. The first-order valence-electron chi connectivity index (χ1n) is 10.2. The van der Waals surface area contributed by atoms with Crippen molar-refractivity contribution in [3.63, 3.8) is 0 Å². The Hall–Kier alpha value is -2.61. The van der Waals surface area contributed by atoms with Crippen molar-refractivity contribution in [2.75, 3.05) is 25.4 Å². The third kappa shape index (κ3) is 9.26. The average Bonchev–Trinajstić information content (AvgIpc) is 2.68. The van der Waals surface area contributed by atoms with Gasteiger partial charge >= 0.3 is 6.03 Å². The lowest BCUT2D eigenvalue weighted by atomic mass is 9.90. The maximum absolute atomic E-state index is 12.7. The Labute approximate surface area is 190 Å². The number of nitrogens with one attached hydrogen (secondary N) is 1. The number of nitrogens with two attached hydrogens (primary N) is 1. The molecule has 1 aliphatic heterocycles. The predicted molar refractivity (Wildman–Crippen MR) is 122 cm³/mol. The van der Waals surface area contributed by atoms with Gasteiger partial charge in [0.2, 0.25) is 6.41 Å². The van der Waals surface area contributed by atoms with E-state index in [0.717, 1.165) is 0 Å². The van der Waals surface area contributed by atoms with Gasteiger partial charge in [-0.15, -0.1) is 5.92 Å². The van der Waals surface area contributed by atoms with Crippen LogP contribution >= 0.6 is 0 Å². The summed E-state index contributed by atoms with van der Waals surface area (Å²) in [5.41, 5.74) is 3.27. The SMILES string of the molecule is CC#CCOc1ccc(S(=O)(=O)CC2(O)CCN(C(C)(C)C)CC2)cc1.NC(=O)NC=O. The van der Waals surface area contributed by atoms with Gasteiger partial charge in [0.25, 0.3) is 0 Å². The molecule has 1 saturated heterocycles. The van der Waals surface area contributed by atoms with Crippen molar-refractivity contribution in [2.24, 2.45) is 5.73 Å². The number of hydrogen-bond acceptors (Lipinski definition) is 7. The minimum atomic E-state index is -3.57. The first-order chi connectivity index (χ1) is 14.8. The molecule has 0 aromatic heterocycles. The smallest absolute Gasteiger partial charge is 0.318 e. The van der Waals surface area contributed by atoms with Crippen molar-refractivity contribution in [1.82, 2.24) is 10.2 Å². The number of benzene rings is 1. The van der Waals surface area contributed by atoms with Gasteiger partial charge < -0.3 is 15.6 Å². The molecule has 0 atom stereocenters. The normalized spacial score (nSPS) is 15.9. The minimum absolute atomic E-state index is 0.0260. The average molecular weight is 468 g/mol.